The minimum Gasteiger partial charge on any atom is -0.492 e. The zero-order chi connectivity index (χ0) is 13.7. The first-order chi connectivity index (χ1) is 9.15. The van der Waals surface area contributed by atoms with Crippen molar-refractivity contribution in [2.45, 2.75) is 38.6 Å². The van der Waals surface area contributed by atoms with Gasteiger partial charge >= 0.3 is 0 Å². The molecule has 2 rings (SSSR count). The van der Waals surface area contributed by atoms with Crippen molar-refractivity contribution in [2.75, 3.05) is 13.2 Å². The number of ether oxygens (including phenoxy) is 1. The van der Waals surface area contributed by atoms with Crippen LogP contribution in [0.2, 0.25) is 10.0 Å². The van der Waals surface area contributed by atoms with E-state index in [1.165, 1.54) is 25.7 Å². The van der Waals surface area contributed by atoms with Gasteiger partial charge in [0.15, 0.2) is 0 Å². The zero-order valence-corrected chi connectivity index (χ0v) is 12.8. The van der Waals surface area contributed by atoms with Gasteiger partial charge in [0.25, 0.3) is 0 Å². The maximum atomic E-state index is 5.93. The molecule has 0 unspecified atom stereocenters. The molecule has 1 aliphatic carbocycles. The molecule has 2 nitrogen and oxygen atoms in total. The molecule has 1 aromatic rings. The second-order valence-corrected chi connectivity index (χ2v) is 6.15. The Hall–Kier alpha value is -0.440. The molecule has 0 heterocycles. The van der Waals surface area contributed by atoms with Crippen LogP contribution in [0.25, 0.3) is 0 Å². The Balaban J connectivity index is 1.65. The fraction of sp³-hybridized carbons (Fsp3) is 0.600. The molecule has 0 aromatic heterocycles. The third-order valence-electron chi connectivity index (χ3n) is 3.71. The molecule has 1 saturated carbocycles. The highest BCUT2D eigenvalue weighted by atomic mass is 35.5. The largest absolute Gasteiger partial charge is 0.492 e. The molecule has 0 bridgehead atoms. The summed E-state index contributed by atoms with van der Waals surface area (Å²) in [5, 5.41) is 4.65. The first kappa shape index (κ1) is 15.0. The van der Waals surface area contributed by atoms with Gasteiger partial charge in [-0.15, -0.1) is 0 Å². The van der Waals surface area contributed by atoms with Gasteiger partial charge in [-0.25, -0.2) is 0 Å². The monoisotopic (exact) mass is 301 g/mol. The van der Waals surface area contributed by atoms with Crippen molar-refractivity contribution in [1.82, 2.24) is 5.32 Å². The molecule has 106 valence electrons. The lowest BCUT2D eigenvalue weighted by Crippen LogP contribution is -2.35. The summed E-state index contributed by atoms with van der Waals surface area (Å²) in [5.74, 6) is 1.67. The van der Waals surface area contributed by atoms with Crippen molar-refractivity contribution in [2.24, 2.45) is 5.92 Å². The third kappa shape index (κ3) is 4.87. The second-order valence-electron chi connectivity index (χ2n) is 5.34. The predicted molar refractivity (Wildman–Crippen MR) is 81.4 cm³/mol. The molecule has 19 heavy (non-hydrogen) atoms. The average molecular weight is 302 g/mol. The van der Waals surface area contributed by atoms with Gasteiger partial charge in [0.1, 0.15) is 12.4 Å². The van der Waals surface area contributed by atoms with E-state index in [0.717, 1.165) is 18.2 Å². The second kappa shape index (κ2) is 7.37. The molecule has 1 aliphatic rings. The summed E-state index contributed by atoms with van der Waals surface area (Å²) in [4.78, 5) is 0. The van der Waals surface area contributed by atoms with Crippen LogP contribution in [-0.4, -0.2) is 19.2 Å². The van der Waals surface area contributed by atoms with Crippen LogP contribution in [0.5, 0.6) is 5.75 Å². The van der Waals surface area contributed by atoms with Gasteiger partial charge in [-0.1, -0.05) is 30.1 Å². The smallest absolute Gasteiger partial charge is 0.120 e. The lowest BCUT2D eigenvalue weighted by Gasteiger charge is -2.27. The number of nitrogens with one attached hydrogen (secondary N) is 1. The number of benzene rings is 1. The van der Waals surface area contributed by atoms with Crippen molar-refractivity contribution in [3.8, 4) is 5.75 Å². The summed E-state index contributed by atoms with van der Waals surface area (Å²) in [5.41, 5.74) is 0. The van der Waals surface area contributed by atoms with Crippen LogP contribution in [0, 0.1) is 5.92 Å². The first-order valence-electron chi connectivity index (χ1n) is 6.96. The van der Waals surface area contributed by atoms with Crippen LogP contribution in [-0.2, 0) is 0 Å². The van der Waals surface area contributed by atoms with Gasteiger partial charge in [0, 0.05) is 18.7 Å². The highest BCUT2D eigenvalue weighted by Crippen LogP contribution is 2.26. The lowest BCUT2D eigenvalue weighted by atomic mass is 9.87. The summed E-state index contributed by atoms with van der Waals surface area (Å²) in [6.45, 7) is 3.87. The highest BCUT2D eigenvalue weighted by Gasteiger charge is 2.17. The Bertz CT molecular complexity index is 403. The summed E-state index contributed by atoms with van der Waals surface area (Å²) >= 11 is 11.8. The first-order valence-corrected chi connectivity index (χ1v) is 7.72. The number of hydrogen-bond acceptors (Lipinski definition) is 2. The Labute approximate surface area is 125 Å². The van der Waals surface area contributed by atoms with Crippen molar-refractivity contribution >= 4 is 23.2 Å². The van der Waals surface area contributed by atoms with E-state index in [1.54, 1.807) is 12.1 Å². The minimum atomic E-state index is 0.536. The highest BCUT2D eigenvalue weighted by molar-refractivity contribution is 6.42. The molecule has 0 amide bonds. The standard InChI is InChI=1S/C15H21Cl2NO/c1-11-2-4-12(5-3-11)18-8-9-19-13-6-7-14(16)15(17)10-13/h6-7,10-12,18H,2-5,8-9H2,1H3. The van der Waals surface area contributed by atoms with Crippen LogP contribution >= 0.6 is 23.2 Å². The van der Waals surface area contributed by atoms with E-state index < -0.39 is 0 Å². The summed E-state index contributed by atoms with van der Waals surface area (Å²) in [6, 6.07) is 6.02. The maximum Gasteiger partial charge on any atom is 0.120 e. The summed E-state index contributed by atoms with van der Waals surface area (Å²) in [7, 11) is 0. The molecular formula is C15H21Cl2NO. The van der Waals surface area contributed by atoms with Crippen molar-refractivity contribution in [1.29, 1.82) is 0 Å². The Kier molecular flexibility index (Phi) is 5.80. The van der Waals surface area contributed by atoms with Crippen LogP contribution in [0.3, 0.4) is 0 Å². The van der Waals surface area contributed by atoms with Crippen molar-refractivity contribution < 1.29 is 4.74 Å². The van der Waals surface area contributed by atoms with Crippen molar-refractivity contribution in [3.05, 3.63) is 28.2 Å². The van der Waals surface area contributed by atoms with Crippen LogP contribution in [0.1, 0.15) is 32.6 Å². The number of rotatable bonds is 5. The van der Waals surface area contributed by atoms with E-state index in [-0.39, 0.29) is 0 Å². The summed E-state index contributed by atoms with van der Waals surface area (Å²) < 4.78 is 5.65. The average Bonchev–Trinajstić information content (AvgIpc) is 2.41. The quantitative estimate of drug-likeness (QED) is 0.806. The van der Waals surface area contributed by atoms with Gasteiger partial charge < -0.3 is 10.1 Å². The summed E-state index contributed by atoms with van der Waals surface area (Å²) in [6.07, 6.45) is 5.25. The maximum absolute atomic E-state index is 5.93. The molecule has 0 aliphatic heterocycles. The Morgan fingerprint density at radius 1 is 1.16 bits per heavy atom. The fourth-order valence-corrected chi connectivity index (χ4v) is 2.75. The van der Waals surface area contributed by atoms with E-state index in [1.807, 2.05) is 6.07 Å². The van der Waals surface area contributed by atoms with Gasteiger partial charge in [0.2, 0.25) is 0 Å². The molecule has 1 N–H and O–H groups in total. The third-order valence-corrected chi connectivity index (χ3v) is 4.45. The van der Waals surface area contributed by atoms with Crippen LogP contribution in [0.15, 0.2) is 18.2 Å². The molecule has 0 radical (unpaired) electrons. The SMILES string of the molecule is CC1CCC(NCCOc2ccc(Cl)c(Cl)c2)CC1. The van der Waals surface area contributed by atoms with Crippen molar-refractivity contribution in [3.63, 3.8) is 0 Å². The Morgan fingerprint density at radius 3 is 2.58 bits per heavy atom. The van der Waals surface area contributed by atoms with Crippen LogP contribution in [0.4, 0.5) is 0 Å². The predicted octanol–water partition coefficient (Wildman–Crippen LogP) is 4.54. The topological polar surface area (TPSA) is 21.3 Å². The number of halogens is 2. The van der Waals surface area contributed by atoms with Gasteiger partial charge in [-0.2, -0.15) is 0 Å². The van der Waals surface area contributed by atoms with Gasteiger partial charge in [0.05, 0.1) is 10.0 Å². The zero-order valence-electron chi connectivity index (χ0n) is 11.3. The minimum absolute atomic E-state index is 0.536. The molecule has 0 atom stereocenters. The molecule has 4 heteroatoms. The molecule has 0 spiro atoms. The van der Waals surface area contributed by atoms with Gasteiger partial charge in [-0.05, 0) is 43.7 Å². The van der Waals surface area contributed by atoms with E-state index in [2.05, 4.69) is 12.2 Å². The molecular weight excluding hydrogens is 281 g/mol. The molecule has 1 fully saturated rings. The van der Waals surface area contributed by atoms with E-state index >= 15 is 0 Å². The van der Waals surface area contributed by atoms with E-state index in [9.17, 15) is 0 Å². The van der Waals surface area contributed by atoms with E-state index in [4.69, 9.17) is 27.9 Å². The number of hydrogen-bond donors (Lipinski definition) is 1. The molecule has 1 aromatic carbocycles. The van der Waals surface area contributed by atoms with Gasteiger partial charge in [-0.3, -0.25) is 0 Å². The molecule has 0 saturated heterocycles. The normalized spacial score (nSPS) is 23.3. The fourth-order valence-electron chi connectivity index (χ4n) is 2.46. The van der Waals surface area contributed by atoms with Crippen LogP contribution < -0.4 is 10.1 Å². The lowest BCUT2D eigenvalue weighted by molar-refractivity contribution is 0.270. The van der Waals surface area contributed by atoms with E-state index in [0.29, 0.717) is 22.7 Å². The Morgan fingerprint density at radius 2 is 1.89 bits per heavy atom.